The Morgan fingerprint density at radius 2 is 1.86 bits per heavy atom. The molecule has 3 heterocycles. The van der Waals surface area contributed by atoms with Gasteiger partial charge in [0.25, 0.3) is 0 Å². The summed E-state index contributed by atoms with van der Waals surface area (Å²) in [6.45, 7) is 9.15. The fourth-order valence-electron chi connectivity index (χ4n) is 3.76. The van der Waals surface area contributed by atoms with Crippen LogP contribution in [0.2, 0.25) is 0 Å². The van der Waals surface area contributed by atoms with Crippen molar-refractivity contribution in [2.75, 3.05) is 36.8 Å². The standard InChI is InChI=1S/C20H25N7O/c1-13-4-5-14(2)16(10-13)25-6-8-26(9-7-25)20(28)15(3)27-12-24-17-18(21)22-11-23-19(17)27/h4-5,10-12,15H,6-9H2,1-3H3,(H2,21,22,23). The Bertz CT molecular complexity index is 1020. The number of carbonyl (C=O) groups is 1. The van der Waals surface area contributed by atoms with E-state index in [2.05, 4.69) is 51.9 Å². The smallest absolute Gasteiger partial charge is 0.245 e. The van der Waals surface area contributed by atoms with Crippen LogP contribution in [0.1, 0.15) is 24.1 Å². The number of fused-ring (bicyclic) bond motifs is 1. The molecule has 1 saturated heterocycles. The fourth-order valence-corrected chi connectivity index (χ4v) is 3.76. The van der Waals surface area contributed by atoms with E-state index in [-0.39, 0.29) is 5.91 Å². The molecule has 3 aromatic rings. The summed E-state index contributed by atoms with van der Waals surface area (Å²) in [6.07, 6.45) is 3.01. The summed E-state index contributed by atoms with van der Waals surface area (Å²) in [5, 5.41) is 0. The Labute approximate surface area is 164 Å². The fraction of sp³-hybridized carbons (Fsp3) is 0.400. The van der Waals surface area contributed by atoms with Crippen LogP contribution in [0, 0.1) is 13.8 Å². The molecule has 0 aliphatic carbocycles. The Balaban J connectivity index is 1.47. The quantitative estimate of drug-likeness (QED) is 0.747. The highest BCUT2D eigenvalue weighted by atomic mass is 16.2. The van der Waals surface area contributed by atoms with Crippen LogP contribution >= 0.6 is 0 Å². The first-order chi connectivity index (χ1) is 13.5. The van der Waals surface area contributed by atoms with E-state index in [0.717, 1.165) is 13.1 Å². The number of hydrogen-bond donors (Lipinski definition) is 1. The lowest BCUT2D eigenvalue weighted by atomic mass is 10.1. The molecule has 2 aromatic heterocycles. The van der Waals surface area contributed by atoms with E-state index in [1.54, 1.807) is 10.9 Å². The SMILES string of the molecule is Cc1ccc(C)c(N2CCN(C(=O)C(C)n3cnc4c(N)ncnc43)CC2)c1. The van der Waals surface area contributed by atoms with Gasteiger partial charge in [-0.3, -0.25) is 4.79 Å². The summed E-state index contributed by atoms with van der Waals surface area (Å²) in [5.74, 6) is 0.391. The molecule has 1 aliphatic heterocycles. The minimum Gasteiger partial charge on any atom is -0.382 e. The second-order valence-electron chi connectivity index (χ2n) is 7.36. The van der Waals surface area contributed by atoms with Crippen LogP contribution in [0.3, 0.4) is 0 Å². The maximum atomic E-state index is 13.1. The van der Waals surface area contributed by atoms with Crippen molar-refractivity contribution in [3.63, 3.8) is 0 Å². The number of nitrogens with zero attached hydrogens (tertiary/aromatic N) is 6. The molecule has 1 atom stereocenters. The van der Waals surface area contributed by atoms with Crippen molar-refractivity contribution in [3.8, 4) is 0 Å². The number of benzene rings is 1. The molecule has 1 fully saturated rings. The molecular weight excluding hydrogens is 354 g/mol. The van der Waals surface area contributed by atoms with E-state index < -0.39 is 6.04 Å². The van der Waals surface area contributed by atoms with Crippen LogP contribution in [0.4, 0.5) is 11.5 Å². The van der Waals surface area contributed by atoms with Crippen LogP contribution < -0.4 is 10.6 Å². The van der Waals surface area contributed by atoms with Gasteiger partial charge in [0.05, 0.1) is 6.33 Å². The van der Waals surface area contributed by atoms with Gasteiger partial charge in [-0.25, -0.2) is 15.0 Å². The number of nitrogens with two attached hydrogens (primary N) is 1. The highest BCUT2D eigenvalue weighted by Crippen LogP contribution is 2.24. The molecule has 1 amide bonds. The number of hydrogen-bond acceptors (Lipinski definition) is 6. The molecule has 8 nitrogen and oxygen atoms in total. The minimum absolute atomic E-state index is 0.0668. The summed E-state index contributed by atoms with van der Waals surface area (Å²) in [5.41, 5.74) is 10.7. The molecule has 8 heteroatoms. The predicted molar refractivity (Wildman–Crippen MR) is 109 cm³/mol. The van der Waals surface area contributed by atoms with Gasteiger partial charge in [-0.15, -0.1) is 0 Å². The van der Waals surface area contributed by atoms with Crippen LogP contribution in [0.5, 0.6) is 0 Å². The van der Waals surface area contributed by atoms with Crippen LogP contribution in [0.25, 0.3) is 11.2 Å². The number of rotatable bonds is 3. The Kier molecular flexibility index (Phi) is 4.62. The second-order valence-corrected chi connectivity index (χ2v) is 7.36. The van der Waals surface area contributed by atoms with Crippen molar-refractivity contribution in [3.05, 3.63) is 42.0 Å². The van der Waals surface area contributed by atoms with Crippen molar-refractivity contribution in [1.82, 2.24) is 24.4 Å². The molecule has 0 saturated carbocycles. The van der Waals surface area contributed by atoms with Gasteiger partial charge in [0.1, 0.15) is 17.9 Å². The normalized spacial score (nSPS) is 15.8. The van der Waals surface area contributed by atoms with Gasteiger partial charge >= 0.3 is 0 Å². The molecule has 146 valence electrons. The number of nitrogen functional groups attached to an aromatic ring is 1. The Morgan fingerprint density at radius 1 is 1.11 bits per heavy atom. The lowest BCUT2D eigenvalue weighted by Crippen LogP contribution is -2.50. The summed E-state index contributed by atoms with van der Waals surface area (Å²) >= 11 is 0. The topological polar surface area (TPSA) is 93.2 Å². The van der Waals surface area contributed by atoms with E-state index >= 15 is 0 Å². The van der Waals surface area contributed by atoms with Crippen molar-refractivity contribution in [2.24, 2.45) is 0 Å². The zero-order valence-electron chi connectivity index (χ0n) is 16.5. The van der Waals surface area contributed by atoms with Gasteiger partial charge in [0.2, 0.25) is 5.91 Å². The van der Waals surface area contributed by atoms with E-state index in [1.807, 2.05) is 11.8 Å². The van der Waals surface area contributed by atoms with Gasteiger partial charge in [-0.1, -0.05) is 12.1 Å². The van der Waals surface area contributed by atoms with Crippen LogP contribution in [-0.4, -0.2) is 56.5 Å². The van der Waals surface area contributed by atoms with Gasteiger partial charge in [-0.2, -0.15) is 0 Å². The van der Waals surface area contributed by atoms with Crippen molar-refractivity contribution in [1.29, 1.82) is 0 Å². The zero-order chi connectivity index (χ0) is 19.8. The summed E-state index contributed by atoms with van der Waals surface area (Å²) in [4.78, 5) is 29.8. The molecule has 4 rings (SSSR count). The Hall–Kier alpha value is -3.16. The molecule has 0 spiro atoms. The minimum atomic E-state index is -0.397. The number of carbonyl (C=O) groups excluding carboxylic acids is 1. The maximum Gasteiger partial charge on any atom is 0.245 e. The van der Waals surface area contributed by atoms with Crippen molar-refractivity contribution in [2.45, 2.75) is 26.8 Å². The number of piperazine rings is 1. The largest absolute Gasteiger partial charge is 0.382 e. The van der Waals surface area contributed by atoms with E-state index in [1.165, 1.54) is 23.1 Å². The first-order valence-corrected chi connectivity index (χ1v) is 9.49. The number of amides is 1. The Morgan fingerprint density at radius 3 is 2.61 bits per heavy atom. The summed E-state index contributed by atoms with van der Waals surface area (Å²) in [6, 6.07) is 6.11. The predicted octanol–water partition coefficient (Wildman–Crippen LogP) is 1.94. The molecule has 1 unspecified atom stereocenters. The second kappa shape index (κ2) is 7.10. The highest BCUT2D eigenvalue weighted by molar-refractivity contribution is 5.85. The third kappa shape index (κ3) is 3.15. The molecular formula is C20H25N7O. The third-order valence-corrected chi connectivity index (χ3v) is 5.46. The highest BCUT2D eigenvalue weighted by Gasteiger charge is 2.27. The number of aryl methyl sites for hydroxylation is 2. The van der Waals surface area contributed by atoms with Crippen LogP contribution in [0.15, 0.2) is 30.9 Å². The molecule has 1 aromatic carbocycles. The monoisotopic (exact) mass is 379 g/mol. The van der Waals surface area contributed by atoms with E-state index in [0.29, 0.717) is 30.1 Å². The zero-order valence-corrected chi connectivity index (χ0v) is 16.5. The average molecular weight is 379 g/mol. The van der Waals surface area contributed by atoms with Gasteiger partial charge in [-0.05, 0) is 38.0 Å². The van der Waals surface area contributed by atoms with Gasteiger partial charge in [0, 0.05) is 31.9 Å². The number of anilines is 2. The molecule has 1 aliphatic rings. The number of aromatic nitrogens is 4. The maximum absolute atomic E-state index is 13.1. The lowest BCUT2D eigenvalue weighted by Gasteiger charge is -2.38. The van der Waals surface area contributed by atoms with Gasteiger partial charge in [0.15, 0.2) is 11.5 Å². The first kappa shape index (κ1) is 18.2. The third-order valence-electron chi connectivity index (χ3n) is 5.46. The average Bonchev–Trinajstić information content (AvgIpc) is 3.14. The van der Waals surface area contributed by atoms with Crippen LogP contribution in [-0.2, 0) is 4.79 Å². The van der Waals surface area contributed by atoms with Crippen molar-refractivity contribution >= 4 is 28.6 Å². The van der Waals surface area contributed by atoms with E-state index in [9.17, 15) is 4.79 Å². The number of imidazole rings is 1. The summed E-state index contributed by atoms with van der Waals surface area (Å²) in [7, 11) is 0. The summed E-state index contributed by atoms with van der Waals surface area (Å²) < 4.78 is 1.77. The lowest BCUT2D eigenvalue weighted by molar-refractivity contribution is -0.134. The van der Waals surface area contributed by atoms with E-state index in [4.69, 9.17) is 5.73 Å². The van der Waals surface area contributed by atoms with Crippen molar-refractivity contribution < 1.29 is 4.79 Å². The van der Waals surface area contributed by atoms with Gasteiger partial charge < -0.3 is 20.1 Å². The molecule has 2 N–H and O–H groups in total. The molecule has 0 bridgehead atoms. The molecule has 28 heavy (non-hydrogen) atoms. The molecule has 0 radical (unpaired) electrons. The first-order valence-electron chi connectivity index (χ1n) is 9.49.